The summed E-state index contributed by atoms with van der Waals surface area (Å²) < 4.78 is 6.13. The number of aromatic nitrogens is 1. The summed E-state index contributed by atoms with van der Waals surface area (Å²) in [5.41, 5.74) is 3.68. The molecule has 2 rings (SSSR count). The van der Waals surface area contributed by atoms with Crippen molar-refractivity contribution in [3.63, 3.8) is 0 Å². The molecule has 0 aliphatic carbocycles. The van der Waals surface area contributed by atoms with Gasteiger partial charge in [0.25, 0.3) is 0 Å². The molecule has 0 spiro atoms. The van der Waals surface area contributed by atoms with Gasteiger partial charge in [-0.05, 0) is 38.3 Å². The van der Waals surface area contributed by atoms with Crippen LogP contribution in [0.15, 0.2) is 28.7 Å². The molecular formula is C20H29NO. The van der Waals surface area contributed by atoms with E-state index in [0.29, 0.717) is 0 Å². The number of nitrogens with zero attached hydrogens (tertiary/aromatic N) is 1. The minimum atomic E-state index is 0.159. The monoisotopic (exact) mass is 299 g/mol. The predicted octanol–water partition coefficient (Wildman–Crippen LogP) is 6.07. The summed E-state index contributed by atoms with van der Waals surface area (Å²) in [6, 6.07) is 8.43. The van der Waals surface area contributed by atoms with Gasteiger partial charge in [-0.25, -0.2) is 4.98 Å². The smallest absolute Gasteiger partial charge is 0.226 e. The fraction of sp³-hybridized carbons (Fsp3) is 0.550. The number of rotatable bonds is 7. The fourth-order valence-electron chi connectivity index (χ4n) is 3.36. The van der Waals surface area contributed by atoms with E-state index in [1.165, 1.54) is 24.1 Å². The van der Waals surface area contributed by atoms with Crippen LogP contribution in [0.1, 0.15) is 70.4 Å². The highest BCUT2D eigenvalue weighted by molar-refractivity contribution is 5.54. The average molecular weight is 299 g/mol. The normalized spacial score (nSPS) is 11.9. The van der Waals surface area contributed by atoms with Gasteiger partial charge in [0.1, 0.15) is 5.76 Å². The lowest BCUT2D eigenvalue weighted by Gasteiger charge is -2.30. The van der Waals surface area contributed by atoms with E-state index in [0.717, 1.165) is 36.5 Å². The topological polar surface area (TPSA) is 26.0 Å². The van der Waals surface area contributed by atoms with Gasteiger partial charge in [-0.3, -0.25) is 0 Å². The van der Waals surface area contributed by atoms with Gasteiger partial charge in [0.05, 0.1) is 5.69 Å². The van der Waals surface area contributed by atoms with Gasteiger partial charge in [-0.15, -0.1) is 0 Å². The highest BCUT2D eigenvalue weighted by Gasteiger charge is 2.34. The molecule has 0 saturated carbocycles. The number of hydrogen-bond donors (Lipinski definition) is 0. The average Bonchev–Trinajstić information content (AvgIpc) is 2.98. The molecule has 0 unspecified atom stereocenters. The van der Waals surface area contributed by atoms with E-state index >= 15 is 0 Å². The molecule has 0 radical (unpaired) electrons. The summed E-state index contributed by atoms with van der Waals surface area (Å²) in [5.74, 6) is 1.84. The van der Waals surface area contributed by atoms with Crippen LogP contribution in [0.25, 0.3) is 11.5 Å². The highest BCUT2D eigenvalue weighted by Crippen LogP contribution is 2.39. The van der Waals surface area contributed by atoms with Gasteiger partial charge in [0.2, 0.25) is 5.89 Å². The summed E-state index contributed by atoms with van der Waals surface area (Å²) in [4.78, 5) is 4.95. The molecule has 0 amide bonds. The van der Waals surface area contributed by atoms with Crippen LogP contribution in [0.4, 0.5) is 0 Å². The van der Waals surface area contributed by atoms with E-state index in [9.17, 15) is 0 Å². The molecule has 1 aromatic carbocycles. The molecule has 2 aromatic rings. The van der Waals surface area contributed by atoms with Crippen molar-refractivity contribution >= 4 is 0 Å². The SMILES string of the molecule is CCCC(CC)(CC)c1nc(-c2ccc(C)cc2)oc1CC. The minimum Gasteiger partial charge on any atom is -0.441 e. The number of aryl methyl sites for hydroxylation is 2. The van der Waals surface area contributed by atoms with Crippen LogP contribution in [0, 0.1) is 6.92 Å². The van der Waals surface area contributed by atoms with Crippen LogP contribution in [0.2, 0.25) is 0 Å². The molecule has 2 nitrogen and oxygen atoms in total. The predicted molar refractivity (Wildman–Crippen MR) is 93.2 cm³/mol. The second-order valence-corrected chi connectivity index (χ2v) is 6.25. The molecule has 0 aliphatic rings. The van der Waals surface area contributed by atoms with Crippen LogP contribution in [-0.4, -0.2) is 4.98 Å². The summed E-state index contributed by atoms with van der Waals surface area (Å²) in [7, 11) is 0. The van der Waals surface area contributed by atoms with Crippen LogP contribution in [0.5, 0.6) is 0 Å². The maximum Gasteiger partial charge on any atom is 0.226 e. The van der Waals surface area contributed by atoms with Gasteiger partial charge in [-0.1, -0.05) is 51.8 Å². The van der Waals surface area contributed by atoms with Gasteiger partial charge in [0, 0.05) is 17.4 Å². The van der Waals surface area contributed by atoms with E-state index in [-0.39, 0.29) is 5.41 Å². The van der Waals surface area contributed by atoms with Crippen LogP contribution in [-0.2, 0) is 11.8 Å². The van der Waals surface area contributed by atoms with Crippen molar-refractivity contribution in [3.8, 4) is 11.5 Å². The van der Waals surface area contributed by atoms with Crippen molar-refractivity contribution in [2.24, 2.45) is 0 Å². The van der Waals surface area contributed by atoms with Crippen LogP contribution in [0.3, 0.4) is 0 Å². The van der Waals surface area contributed by atoms with E-state index in [2.05, 4.69) is 58.9 Å². The lowest BCUT2D eigenvalue weighted by Crippen LogP contribution is -2.26. The third-order valence-electron chi connectivity index (χ3n) is 4.90. The molecule has 0 fully saturated rings. The Hall–Kier alpha value is -1.57. The molecule has 22 heavy (non-hydrogen) atoms. The number of hydrogen-bond acceptors (Lipinski definition) is 2. The molecule has 0 atom stereocenters. The van der Waals surface area contributed by atoms with Crippen molar-refractivity contribution in [1.29, 1.82) is 0 Å². The summed E-state index contributed by atoms with van der Waals surface area (Å²) in [6.07, 6.45) is 5.48. The van der Waals surface area contributed by atoms with Crippen molar-refractivity contribution in [2.75, 3.05) is 0 Å². The zero-order chi connectivity index (χ0) is 16.2. The molecule has 0 N–H and O–H groups in total. The van der Waals surface area contributed by atoms with E-state index < -0.39 is 0 Å². The molecular weight excluding hydrogens is 270 g/mol. The van der Waals surface area contributed by atoms with Crippen molar-refractivity contribution in [1.82, 2.24) is 4.98 Å². The maximum atomic E-state index is 6.13. The Morgan fingerprint density at radius 2 is 1.64 bits per heavy atom. The highest BCUT2D eigenvalue weighted by atomic mass is 16.4. The van der Waals surface area contributed by atoms with Crippen molar-refractivity contribution < 1.29 is 4.42 Å². The Labute approximate surface area is 135 Å². The first-order chi connectivity index (χ1) is 10.6. The van der Waals surface area contributed by atoms with E-state index in [1.54, 1.807) is 0 Å². The third-order valence-corrected chi connectivity index (χ3v) is 4.90. The third kappa shape index (κ3) is 3.11. The van der Waals surface area contributed by atoms with E-state index in [1.807, 2.05) is 0 Å². The number of benzene rings is 1. The van der Waals surface area contributed by atoms with Crippen molar-refractivity contribution in [3.05, 3.63) is 41.3 Å². The second-order valence-electron chi connectivity index (χ2n) is 6.25. The zero-order valence-corrected chi connectivity index (χ0v) is 14.7. The molecule has 120 valence electrons. The summed E-state index contributed by atoms with van der Waals surface area (Å²) in [6.45, 7) is 11.1. The quantitative estimate of drug-likeness (QED) is 0.620. The van der Waals surface area contributed by atoms with E-state index in [4.69, 9.17) is 9.40 Å². The van der Waals surface area contributed by atoms with Gasteiger partial charge >= 0.3 is 0 Å². The van der Waals surface area contributed by atoms with Gasteiger partial charge < -0.3 is 4.42 Å². The Morgan fingerprint density at radius 3 is 2.14 bits per heavy atom. The van der Waals surface area contributed by atoms with Crippen LogP contribution >= 0.6 is 0 Å². The van der Waals surface area contributed by atoms with Gasteiger partial charge in [0.15, 0.2) is 0 Å². The lowest BCUT2D eigenvalue weighted by molar-refractivity contribution is 0.345. The summed E-state index contributed by atoms with van der Waals surface area (Å²) in [5, 5.41) is 0. The Balaban J connectivity index is 2.50. The van der Waals surface area contributed by atoms with Gasteiger partial charge in [-0.2, -0.15) is 0 Å². The Bertz CT molecular complexity index is 591. The maximum absolute atomic E-state index is 6.13. The number of oxazole rings is 1. The fourth-order valence-corrected chi connectivity index (χ4v) is 3.36. The first-order valence-corrected chi connectivity index (χ1v) is 8.67. The molecule has 1 aromatic heterocycles. The largest absolute Gasteiger partial charge is 0.441 e. The molecule has 1 heterocycles. The lowest BCUT2D eigenvalue weighted by atomic mass is 9.74. The summed E-state index contributed by atoms with van der Waals surface area (Å²) >= 11 is 0. The minimum absolute atomic E-state index is 0.159. The van der Waals surface area contributed by atoms with Crippen LogP contribution < -0.4 is 0 Å². The standard InChI is InChI=1S/C20H29NO/c1-6-14-20(8-3,9-4)18-17(7-2)22-19(21-18)16-12-10-15(5)11-13-16/h10-13H,6-9,14H2,1-5H3. The molecule has 0 bridgehead atoms. The zero-order valence-electron chi connectivity index (χ0n) is 14.7. The molecule has 0 aliphatic heterocycles. The molecule has 2 heteroatoms. The Morgan fingerprint density at radius 1 is 1.00 bits per heavy atom. The van der Waals surface area contributed by atoms with Crippen molar-refractivity contribution in [2.45, 2.75) is 72.1 Å². The first kappa shape index (κ1) is 16.8. The Kier molecular flexibility index (Phi) is 5.44. The second kappa shape index (κ2) is 7.13. The first-order valence-electron chi connectivity index (χ1n) is 8.67. The molecule has 0 saturated heterocycles.